The van der Waals surface area contributed by atoms with Gasteiger partial charge >= 0.3 is 12.4 Å². The van der Waals surface area contributed by atoms with Gasteiger partial charge in [-0.2, -0.15) is 26.3 Å². The van der Waals surface area contributed by atoms with E-state index in [1.165, 1.54) is 19.1 Å². The summed E-state index contributed by atoms with van der Waals surface area (Å²) in [5, 5.41) is 2.12. The van der Waals surface area contributed by atoms with Gasteiger partial charge in [-0.3, -0.25) is 9.59 Å². The lowest BCUT2D eigenvalue weighted by Gasteiger charge is -2.21. The Morgan fingerprint density at radius 3 is 2.00 bits per heavy atom. The fraction of sp³-hybridized carbons (Fsp3) is 0.263. The van der Waals surface area contributed by atoms with Crippen molar-refractivity contribution in [2.75, 3.05) is 18.4 Å². The Kier molecular flexibility index (Phi) is 6.55. The molecule has 0 fully saturated rings. The van der Waals surface area contributed by atoms with E-state index in [9.17, 15) is 35.9 Å². The first-order valence-electron chi connectivity index (χ1n) is 8.36. The van der Waals surface area contributed by atoms with Gasteiger partial charge in [0.05, 0.1) is 16.8 Å². The van der Waals surface area contributed by atoms with Crippen LogP contribution < -0.4 is 5.32 Å². The number of carbonyl (C=O) groups is 2. The summed E-state index contributed by atoms with van der Waals surface area (Å²) in [6, 6.07) is 7.80. The van der Waals surface area contributed by atoms with Crippen LogP contribution in [0.1, 0.15) is 28.4 Å². The molecule has 29 heavy (non-hydrogen) atoms. The van der Waals surface area contributed by atoms with Gasteiger partial charge in [-0.15, -0.1) is 0 Å². The number of anilines is 1. The molecule has 2 rings (SSSR count). The number of amides is 2. The molecule has 156 valence electrons. The standard InChI is InChI=1S/C19H16F6N2O2/c1-2-27(17(29)12-7-9-13(10-8-12)18(20,21)22)11-16(28)26-15-6-4-3-5-14(15)19(23,24)25/h3-10H,2,11H2,1H3,(H,26,28). The molecule has 0 heterocycles. The number of carbonyl (C=O) groups excluding carboxylic acids is 2. The van der Waals surface area contributed by atoms with Crippen LogP contribution in [-0.4, -0.2) is 29.8 Å². The monoisotopic (exact) mass is 418 g/mol. The molecule has 0 aromatic heterocycles. The Hall–Kier alpha value is -3.04. The SMILES string of the molecule is CCN(CC(=O)Nc1ccccc1C(F)(F)F)C(=O)c1ccc(C(F)(F)F)cc1. The summed E-state index contributed by atoms with van der Waals surface area (Å²) in [6.45, 7) is 0.982. The third-order valence-electron chi connectivity index (χ3n) is 3.97. The average molecular weight is 418 g/mol. The van der Waals surface area contributed by atoms with Gasteiger partial charge in [0.2, 0.25) is 5.91 Å². The predicted molar refractivity (Wildman–Crippen MR) is 93.1 cm³/mol. The van der Waals surface area contributed by atoms with E-state index in [4.69, 9.17) is 0 Å². The van der Waals surface area contributed by atoms with Crippen LogP contribution in [0, 0.1) is 0 Å². The van der Waals surface area contributed by atoms with Crippen molar-refractivity contribution in [3.8, 4) is 0 Å². The zero-order valence-corrected chi connectivity index (χ0v) is 15.1. The number of nitrogens with zero attached hydrogens (tertiary/aromatic N) is 1. The van der Waals surface area contributed by atoms with Gasteiger partial charge in [0, 0.05) is 12.1 Å². The number of nitrogens with one attached hydrogen (secondary N) is 1. The van der Waals surface area contributed by atoms with Crippen LogP contribution in [0.25, 0.3) is 0 Å². The average Bonchev–Trinajstić information content (AvgIpc) is 2.64. The number of hydrogen-bond donors (Lipinski definition) is 1. The lowest BCUT2D eigenvalue weighted by atomic mass is 10.1. The molecule has 0 saturated carbocycles. The van der Waals surface area contributed by atoms with Gasteiger partial charge in [0.15, 0.2) is 0 Å². The highest BCUT2D eigenvalue weighted by molar-refractivity contribution is 5.99. The van der Waals surface area contributed by atoms with E-state index in [0.29, 0.717) is 0 Å². The van der Waals surface area contributed by atoms with Crippen LogP contribution in [0.15, 0.2) is 48.5 Å². The molecule has 2 aromatic rings. The van der Waals surface area contributed by atoms with Crippen molar-refractivity contribution in [3.63, 3.8) is 0 Å². The molecular formula is C19H16F6N2O2. The van der Waals surface area contributed by atoms with Crippen molar-refractivity contribution in [3.05, 3.63) is 65.2 Å². The van der Waals surface area contributed by atoms with Crippen molar-refractivity contribution >= 4 is 17.5 Å². The van der Waals surface area contributed by atoms with Gasteiger partial charge in [-0.25, -0.2) is 0 Å². The minimum atomic E-state index is -4.68. The Balaban J connectivity index is 2.12. The number of para-hydroxylation sites is 1. The summed E-state index contributed by atoms with van der Waals surface area (Å²) in [6.07, 6.45) is -9.23. The number of rotatable bonds is 5. The van der Waals surface area contributed by atoms with E-state index < -0.39 is 47.5 Å². The Bertz CT molecular complexity index is 876. The molecule has 0 aliphatic rings. The smallest absolute Gasteiger partial charge is 0.330 e. The highest BCUT2D eigenvalue weighted by atomic mass is 19.4. The second kappa shape index (κ2) is 8.54. The quantitative estimate of drug-likeness (QED) is 0.708. The van der Waals surface area contributed by atoms with E-state index in [-0.39, 0.29) is 12.1 Å². The molecule has 0 spiro atoms. The number of benzene rings is 2. The lowest BCUT2D eigenvalue weighted by Crippen LogP contribution is -2.38. The maximum Gasteiger partial charge on any atom is 0.418 e. The lowest BCUT2D eigenvalue weighted by molar-refractivity contribution is -0.138. The number of likely N-dealkylation sites (N-methyl/N-ethyl adjacent to an activating group) is 1. The van der Waals surface area contributed by atoms with Crippen molar-refractivity contribution < 1.29 is 35.9 Å². The first-order chi connectivity index (χ1) is 13.4. The Morgan fingerprint density at radius 1 is 0.897 bits per heavy atom. The molecule has 0 bridgehead atoms. The minimum absolute atomic E-state index is 0.0220. The molecule has 0 saturated heterocycles. The Morgan fingerprint density at radius 2 is 1.48 bits per heavy atom. The van der Waals surface area contributed by atoms with Crippen LogP contribution in [0.3, 0.4) is 0 Å². The summed E-state index contributed by atoms with van der Waals surface area (Å²) < 4.78 is 76.8. The molecule has 2 amide bonds. The van der Waals surface area contributed by atoms with E-state index in [1.54, 1.807) is 0 Å². The van der Waals surface area contributed by atoms with Gasteiger partial charge < -0.3 is 10.2 Å². The van der Waals surface area contributed by atoms with E-state index >= 15 is 0 Å². The van der Waals surface area contributed by atoms with Crippen LogP contribution in [0.4, 0.5) is 32.0 Å². The zero-order valence-electron chi connectivity index (χ0n) is 15.1. The number of halogens is 6. The van der Waals surface area contributed by atoms with Gasteiger partial charge in [-0.1, -0.05) is 12.1 Å². The predicted octanol–water partition coefficient (Wildman–Crippen LogP) is 4.83. The minimum Gasteiger partial charge on any atom is -0.330 e. The Labute approximate surface area is 162 Å². The third-order valence-corrected chi connectivity index (χ3v) is 3.97. The summed E-state index contributed by atoms with van der Waals surface area (Å²) in [5.74, 6) is -1.59. The van der Waals surface area contributed by atoms with Gasteiger partial charge in [0.25, 0.3) is 5.91 Å². The molecule has 10 heteroatoms. The van der Waals surface area contributed by atoms with Crippen molar-refractivity contribution in [1.82, 2.24) is 4.90 Å². The topological polar surface area (TPSA) is 49.4 Å². The molecule has 0 aliphatic carbocycles. The zero-order chi connectivity index (χ0) is 21.8. The molecule has 2 aromatic carbocycles. The number of hydrogen-bond acceptors (Lipinski definition) is 2. The van der Waals surface area contributed by atoms with Gasteiger partial charge in [-0.05, 0) is 43.3 Å². The molecule has 0 atom stereocenters. The van der Waals surface area contributed by atoms with Crippen LogP contribution in [0.5, 0.6) is 0 Å². The van der Waals surface area contributed by atoms with E-state index in [0.717, 1.165) is 41.3 Å². The van der Waals surface area contributed by atoms with Crippen LogP contribution in [-0.2, 0) is 17.1 Å². The fourth-order valence-corrected chi connectivity index (χ4v) is 2.51. The molecule has 0 unspecified atom stereocenters. The van der Waals surface area contributed by atoms with Crippen LogP contribution in [0.2, 0.25) is 0 Å². The summed E-state index contributed by atoms with van der Waals surface area (Å²) >= 11 is 0. The van der Waals surface area contributed by atoms with Crippen LogP contribution >= 0.6 is 0 Å². The summed E-state index contributed by atoms with van der Waals surface area (Å²) in [4.78, 5) is 25.6. The molecule has 0 radical (unpaired) electrons. The van der Waals surface area contributed by atoms with E-state index in [2.05, 4.69) is 5.32 Å². The summed E-state index contributed by atoms with van der Waals surface area (Å²) in [7, 11) is 0. The second-order valence-electron chi connectivity index (χ2n) is 5.99. The highest BCUT2D eigenvalue weighted by Crippen LogP contribution is 2.34. The largest absolute Gasteiger partial charge is 0.418 e. The highest BCUT2D eigenvalue weighted by Gasteiger charge is 2.34. The summed E-state index contributed by atoms with van der Waals surface area (Å²) in [5.41, 5.74) is -2.50. The maximum absolute atomic E-state index is 13.0. The van der Waals surface area contributed by atoms with Crippen molar-refractivity contribution in [2.24, 2.45) is 0 Å². The molecule has 0 aliphatic heterocycles. The molecule has 4 nitrogen and oxygen atoms in total. The van der Waals surface area contributed by atoms with Crippen molar-refractivity contribution in [1.29, 1.82) is 0 Å². The number of alkyl halides is 6. The third kappa shape index (κ3) is 5.72. The molecule has 1 N–H and O–H groups in total. The fourth-order valence-electron chi connectivity index (χ4n) is 2.51. The van der Waals surface area contributed by atoms with E-state index in [1.807, 2.05) is 0 Å². The first kappa shape index (κ1) is 22.3. The first-order valence-corrected chi connectivity index (χ1v) is 8.36. The van der Waals surface area contributed by atoms with Gasteiger partial charge in [0.1, 0.15) is 6.54 Å². The normalized spacial score (nSPS) is 11.8. The van der Waals surface area contributed by atoms with Crippen molar-refractivity contribution in [2.45, 2.75) is 19.3 Å². The molecular weight excluding hydrogens is 402 g/mol. The second-order valence-corrected chi connectivity index (χ2v) is 5.99. The maximum atomic E-state index is 13.0.